The zero-order valence-electron chi connectivity index (χ0n) is 12.0. The van der Waals surface area contributed by atoms with Crippen LogP contribution in [0.5, 0.6) is 17.2 Å². The van der Waals surface area contributed by atoms with Crippen LogP contribution in [0.4, 0.5) is 0 Å². The van der Waals surface area contributed by atoms with Gasteiger partial charge in [0.25, 0.3) is 0 Å². The Morgan fingerprint density at radius 3 is 2.77 bits per heavy atom. The molecule has 2 rings (SSSR count). The lowest BCUT2D eigenvalue weighted by molar-refractivity contribution is -0.139. The number of carbonyl (C=O) groups is 1. The van der Waals surface area contributed by atoms with Gasteiger partial charge < -0.3 is 24.1 Å². The molecule has 0 bridgehead atoms. The van der Waals surface area contributed by atoms with Crippen molar-refractivity contribution >= 4 is 16.9 Å². The molecule has 0 amide bonds. The minimum absolute atomic E-state index is 0.0194. The molecule has 7 nitrogen and oxygen atoms in total. The number of para-hydroxylation sites is 1. The molecule has 0 unspecified atom stereocenters. The number of unbranched alkanes of at least 4 members (excludes halogenated alkanes) is 1. The smallest absolute Gasteiger partial charge is 0.383 e. The maximum atomic E-state index is 11.9. The molecule has 0 aliphatic carbocycles. The number of hydrogen-bond donors (Lipinski definition) is 2. The van der Waals surface area contributed by atoms with Crippen LogP contribution in [-0.2, 0) is 4.79 Å². The van der Waals surface area contributed by atoms with Crippen molar-refractivity contribution in [3.63, 3.8) is 0 Å². The van der Waals surface area contributed by atoms with E-state index in [0.717, 1.165) is 12.8 Å². The zero-order chi connectivity index (χ0) is 16.1. The summed E-state index contributed by atoms with van der Waals surface area (Å²) in [6.45, 7) is 1.67. The third-order valence-corrected chi connectivity index (χ3v) is 2.92. The van der Waals surface area contributed by atoms with Gasteiger partial charge in [0.2, 0.25) is 5.75 Å². The van der Waals surface area contributed by atoms with E-state index in [1.54, 1.807) is 6.07 Å². The molecule has 0 spiro atoms. The van der Waals surface area contributed by atoms with Crippen molar-refractivity contribution in [1.82, 2.24) is 0 Å². The van der Waals surface area contributed by atoms with Crippen molar-refractivity contribution < 1.29 is 28.9 Å². The highest BCUT2D eigenvalue weighted by molar-refractivity contribution is 5.89. The number of carboxylic acid groups (broad SMARTS) is 1. The van der Waals surface area contributed by atoms with E-state index >= 15 is 0 Å². The summed E-state index contributed by atoms with van der Waals surface area (Å²) >= 11 is 0. The molecule has 2 N–H and O–H groups in total. The molecule has 0 atom stereocenters. The van der Waals surface area contributed by atoms with Gasteiger partial charge in [0.05, 0.1) is 12.0 Å². The first-order valence-electron chi connectivity index (χ1n) is 6.80. The number of hydrogen-bond acceptors (Lipinski definition) is 6. The molecular weight excluding hydrogens is 292 g/mol. The number of fused-ring (bicyclic) bond motifs is 1. The molecule has 0 saturated heterocycles. The number of rotatable bonds is 7. The van der Waals surface area contributed by atoms with Gasteiger partial charge in [0, 0.05) is 0 Å². The highest BCUT2D eigenvalue weighted by Crippen LogP contribution is 2.35. The molecule has 1 aromatic heterocycles. The maximum Gasteiger partial charge on any atom is 0.383 e. The van der Waals surface area contributed by atoms with Gasteiger partial charge in [0.15, 0.2) is 23.7 Å². The summed E-state index contributed by atoms with van der Waals surface area (Å²) in [5.41, 5.74) is -0.860. The van der Waals surface area contributed by atoms with Crippen LogP contribution >= 0.6 is 0 Å². The van der Waals surface area contributed by atoms with E-state index in [-0.39, 0.29) is 34.8 Å². The van der Waals surface area contributed by atoms with Crippen LogP contribution in [0.2, 0.25) is 0 Å². The Bertz CT molecular complexity index is 732. The van der Waals surface area contributed by atoms with E-state index < -0.39 is 18.2 Å². The number of ether oxygens (including phenoxy) is 2. The van der Waals surface area contributed by atoms with Gasteiger partial charge in [-0.05, 0) is 18.6 Å². The fourth-order valence-electron chi connectivity index (χ4n) is 1.86. The fourth-order valence-corrected chi connectivity index (χ4v) is 1.86. The highest BCUT2D eigenvalue weighted by Gasteiger charge is 2.18. The van der Waals surface area contributed by atoms with Gasteiger partial charge in [-0.25, -0.2) is 9.59 Å². The molecule has 118 valence electrons. The molecule has 1 aromatic carbocycles. The molecule has 2 aromatic rings. The first-order chi connectivity index (χ1) is 10.5. The molecule has 22 heavy (non-hydrogen) atoms. The molecular formula is C15H16O7. The molecule has 7 heteroatoms. The van der Waals surface area contributed by atoms with Gasteiger partial charge in [0.1, 0.15) is 0 Å². The largest absolute Gasteiger partial charge is 0.504 e. The Labute approximate surface area is 125 Å². The Kier molecular flexibility index (Phi) is 4.88. The number of benzene rings is 1. The van der Waals surface area contributed by atoms with Crippen molar-refractivity contribution in [3.05, 3.63) is 28.6 Å². The summed E-state index contributed by atoms with van der Waals surface area (Å²) < 4.78 is 15.4. The molecule has 0 radical (unpaired) electrons. The third-order valence-electron chi connectivity index (χ3n) is 2.92. The van der Waals surface area contributed by atoms with Crippen molar-refractivity contribution in [2.75, 3.05) is 13.2 Å². The van der Waals surface area contributed by atoms with E-state index in [1.165, 1.54) is 12.1 Å². The minimum atomic E-state index is -1.16. The van der Waals surface area contributed by atoms with Crippen LogP contribution in [-0.4, -0.2) is 29.4 Å². The van der Waals surface area contributed by atoms with E-state index in [1.807, 2.05) is 6.92 Å². The molecule has 0 aliphatic heterocycles. The second-order valence-corrected chi connectivity index (χ2v) is 4.58. The van der Waals surface area contributed by atoms with E-state index in [9.17, 15) is 14.7 Å². The van der Waals surface area contributed by atoms with Gasteiger partial charge in [-0.1, -0.05) is 19.4 Å². The van der Waals surface area contributed by atoms with E-state index in [2.05, 4.69) is 0 Å². The lowest BCUT2D eigenvalue weighted by Crippen LogP contribution is -2.11. The topological polar surface area (TPSA) is 106 Å². The van der Waals surface area contributed by atoms with Crippen LogP contribution < -0.4 is 15.1 Å². The Hall–Kier alpha value is -2.70. The van der Waals surface area contributed by atoms with Crippen molar-refractivity contribution in [3.8, 4) is 17.2 Å². The minimum Gasteiger partial charge on any atom is -0.504 e. The Balaban J connectivity index is 2.44. The number of carboxylic acids is 1. The van der Waals surface area contributed by atoms with Crippen molar-refractivity contribution in [2.45, 2.75) is 19.8 Å². The summed E-state index contributed by atoms with van der Waals surface area (Å²) in [7, 11) is 0. The maximum absolute atomic E-state index is 11.9. The average molecular weight is 308 g/mol. The lowest BCUT2D eigenvalue weighted by atomic mass is 10.2. The van der Waals surface area contributed by atoms with E-state index in [0.29, 0.717) is 0 Å². The van der Waals surface area contributed by atoms with Gasteiger partial charge >= 0.3 is 11.6 Å². The SMILES string of the molecule is CCCCOc1c(O)c2cccc(OCC(=O)O)c2oc1=O. The van der Waals surface area contributed by atoms with Crippen LogP contribution in [0.3, 0.4) is 0 Å². The van der Waals surface area contributed by atoms with E-state index in [4.69, 9.17) is 19.0 Å². The second-order valence-electron chi connectivity index (χ2n) is 4.58. The predicted octanol–water partition coefficient (Wildman–Crippen LogP) is 2.14. The summed E-state index contributed by atoms with van der Waals surface area (Å²) in [5.74, 6) is -1.70. The first-order valence-corrected chi connectivity index (χ1v) is 6.80. The quantitative estimate of drug-likeness (QED) is 0.596. The second kappa shape index (κ2) is 6.84. The standard InChI is InChI=1S/C15H16O7/c1-2-3-7-20-14-12(18)9-5-4-6-10(21-8-11(16)17)13(9)22-15(14)19/h4-6,18H,2-3,7-8H2,1H3,(H,16,17). The summed E-state index contributed by atoms with van der Waals surface area (Å²) in [4.78, 5) is 22.5. The van der Waals surface area contributed by atoms with Gasteiger partial charge in [-0.2, -0.15) is 0 Å². The average Bonchev–Trinajstić information content (AvgIpc) is 2.48. The molecule has 1 heterocycles. The fraction of sp³-hybridized carbons (Fsp3) is 0.333. The number of aliphatic carboxylic acids is 1. The van der Waals surface area contributed by atoms with Crippen LogP contribution in [0.25, 0.3) is 11.0 Å². The van der Waals surface area contributed by atoms with Gasteiger partial charge in [-0.3, -0.25) is 0 Å². The normalized spacial score (nSPS) is 10.6. The first kappa shape index (κ1) is 15.7. The highest BCUT2D eigenvalue weighted by atomic mass is 16.5. The third kappa shape index (κ3) is 3.30. The zero-order valence-corrected chi connectivity index (χ0v) is 12.0. The van der Waals surface area contributed by atoms with Crippen LogP contribution in [0, 0.1) is 0 Å². The Morgan fingerprint density at radius 1 is 1.32 bits per heavy atom. The summed E-state index contributed by atoms with van der Waals surface area (Å²) in [6, 6.07) is 4.52. The molecule has 0 saturated carbocycles. The summed E-state index contributed by atoms with van der Waals surface area (Å²) in [5, 5.41) is 19.0. The van der Waals surface area contributed by atoms with Crippen molar-refractivity contribution in [2.24, 2.45) is 0 Å². The van der Waals surface area contributed by atoms with Gasteiger partial charge in [-0.15, -0.1) is 0 Å². The summed E-state index contributed by atoms with van der Waals surface area (Å²) in [6.07, 6.45) is 1.62. The number of aromatic hydroxyl groups is 1. The van der Waals surface area contributed by atoms with Crippen molar-refractivity contribution in [1.29, 1.82) is 0 Å². The Morgan fingerprint density at radius 2 is 2.09 bits per heavy atom. The molecule has 0 fully saturated rings. The lowest BCUT2D eigenvalue weighted by Gasteiger charge is -2.10. The van der Waals surface area contributed by atoms with Crippen LogP contribution in [0.15, 0.2) is 27.4 Å². The van der Waals surface area contributed by atoms with Crippen LogP contribution in [0.1, 0.15) is 19.8 Å². The predicted molar refractivity (Wildman–Crippen MR) is 77.7 cm³/mol. The molecule has 0 aliphatic rings. The monoisotopic (exact) mass is 308 g/mol.